The summed E-state index contributed by atoms with van der Waals surface area (Å²) >= 11 is 0. The molecule has 3 heterocycles. The predicted octanol–water partition coefficient (Wildman–Crippen LogP) is 3.06. The molecule has 0 bridgehead atoms. The van der Waals surface area contributed by atoms with Gasteiger partial charge < -0.3 is 14.7 Å². The number of nitrogens with zero attached hydrogens (tertiary/aromatic N) is 4. The largest absolute Gasteiger partial charge is 0.355 e. The van der Waals surface area contributed by atoms with Gasteiger partial charge in [-0.1, -0.05) is 5.16 Å². The van der Waals surface area contributed by atoms with Crippen LogP contribution in [0.2, 0.25) is 0 Å². The fourth-order valence-electron chi connectivity index (χ4n) is 3.36. The standard InChI is InChI=1S/C18H17F2N5O2/c1-10-15-16(21-9-22-18(15)27-24-10)25-6-2-3-11(8-25)17(26)23-14-7-12(19)4-5-13(14)20/h4-5,7,9,11H,2-3,6,8H2,1H3,(H,23,26)/t11-/m1/s1. The van der Waals surface area contributed by atoms with Crippen molar-refractivity contribution >= 4 is 28.5 Å². The minimum atomic E-state index is -0.671. The summed E-state index contributed by atoms with van der Waals surface area (Å²) in [4.78, 5) is 23.0. The number of rotatable bonds is 3. The summed E-state index contributed by atoms with van der Waals surface area (Å²) in [7, 11) is 0. The zero-order valence-electron chi connectivity index (χ0n) is 14.6. The number of nitrogens with one attached hydrogen (secondary N) is 1. The van der Waals surface area contributed by atoms with Crippen molar-refractivity contribution in [3.8, 4) is 0 Å². The molecule has 1 saturated heterocycles. The number of aryl methyl sites for hydroxylation is 1. The maximum Gasteiger partial charge on any atom is 0.263 e. The summed E-state index contributed by atoms with van der Waals surface area (Å²) in [5, 5.41) is 7.13. The molecule has 0 radical (unpaired) electrons. The molecular formula is C18H17F2N5O2. The molecule has 1 aliphatic heterocycles. The highest BCUT2D eigenvalue weighted by Gasteiger charge is 2.29. The van der Waals surface area contributed by atoms with Crippen LogP contribution in [0.3, 0.4) is 0 Å². The maximum atomic E-state index is 13.8. The molecule has 1 amide bonds. The number of carbonyl (C=O) groups excluding carboxylic acids is 1. The Morgan fingerprint density at radius 1 is 1.33 bits per heavy atom. The Hall–Kier alpha value is -3.10. The van der Waals surface area contributed by atoms with Crippen molar-refractivity contribution in [2.24, 2.45) is 5.92 Å². The van der Waals surface area contributed by atoms with Crippen molar-refractivity contribution in [3.63, 3.8) is 0 Å². The molecule has 0 aliphatic carbocycles. The second-order valence-corrected chi connectivity index (χ2v) is 6.54. The molecule has 0 unspecified atom stereocenters. The minimum Gasteiger partial charge on any atom is -0.355 e. The van der Waals surface area contributed by atoms with Crippen LogP contribution in [0.1, 0.15) is 18.5 Å². The molecule has 0 saturated carbocycles. The van der Waals surface area contributed by atoms with Crippen LogP contribution in [0.15, 0.2) is 29.0 Å². The number of amides is 1. The number of halogens is 2. The van der Waals surface area contributed by atoms with Crippen LogP contribution in [0, 0.1) is 24.5 Å². The van der Waals surface area contributed by atoms with E-state index >= 15 is 0 Å². The zero-order chi connectivity index (χ0) is 19.0. The van der Waals surface area contributed by atoms with E-state index < -0.39 is 11.6 Å². The van der Waals surface area contributed by atoms with Gasteiger partial charge >= 0.3 is 0 Å². The molecule has 1 aromatic carbocycles. The van der Waals surface area contributed by atoms with Gasteiger partial charge in [-0.2, -0.15) is 4.98 Å². The third-order valence-electron chi connectivity index (χ3n) is 4.70. The summed E-state index contributed by atoms with van der Waals surface area (Å²) in [5.74, 6) is -1.35. The normalized spacial score (nSPS) is 17.3. The summed E-state index contributed by atoms with van der Waals surface area (Å²) in [6, 6.07) is 2.97. The highest BCUT2D eigenvalue weighted by atomic mass is 19.1. The van der Waals surface area contributed by atoms with E-state index in [0.29, 0.717) is 30.2 Å². The number of carbonyl (C=O) groups is 1. The van der Waals surface area contributed by atoms with Crippen molar-refractivity contribution in [1.82, 2.24) is 15.1 Å². The number of benzene rings is 1. The maximum absolute atomic E-state index is 13.8. The van der Waals surface area contributed by atoms with Crippen LogP contribution in [0.25, 0.3) is 11.1 Å². The Kier molecular flexibility index (Phi) is 4.43. The Morgan fingerprint density at radius 2 is 2.19 bits per heavy atom. The van der Waals surface area contributed by atoms with E-state index in [1.54, 1.807) is 6.92 Å². The second kappa shape index (κ2) is 6.90. The zero-order valence-corrected chi connectivity index (χ0v) is 14.6. The number of piperidine rings is 1. The molecule has 0 spiro atoms. The number of fused-ring (bicyclic) bond motifs is 1. The van der Waals surface area contributed by atoms with Gasteiger partial charge in [-0.25, -0.2) is 13.8 Å². The van der Waals surface area contributed by atoms with Crippen LogP contribution < -0.4 is 10.2 Å². The molecular weight excluding hydrogens is 356 g/mol. The summed E-state index contributed by atoms with van der Waals surface area (Å²) in [5.41, 5.74) is 0.913. The van der Waals surface area contributed by atoms with E-state index in [1.165, 1.54) is 6.33 Å². The van der Waals surface area contributed by atoms with Crippen molar-refractivity contribution in [1.29, 1.82) is 0 Å². The van der Waals surface area contributed by atoms with Gasteiger partial charge in [0.1, 0.15) is 29.2 Å². The summed E-state index contributed by atoms with van der Waals surface area (Å²) < 4.78 is 32.3. The summed E-state index contributed by atoms with van der Waals surface area (Å²) in [6.07, 6.45) is 2.81. The lowest BCUT2D eigenvalue weighted by molar-refractivity contribution is -0.120. The van der Waals surface area contributed by atoms with Crippen LogP contribution in [-0.4, -0.2) is 34.1 Å². The quantitative estimate of drug-likeness (QED) is 0.760. The van der Waals surface area contributed by atoms with E-state index in [0.717, 1.165) is 36.6 Å². The smallest absolute Gasteiger partial charge is 0.263 e. The van der Waals surface area contributed by atoms with E-state index in [1.807, 2.05) is 4.90 Å². The number of aromatic nitrogens is 3. The first kappa shape index (κ1) is 17.3. The molecule has 27 heavy (non-hydrogen) atoms. The third kappa shape index (κ3) is 3.32. The van der Waals surface area contributed by atoms with Gasteiger partial charge in [-0.15, -0.1) is 0 Å². The van der Waals surface area contributed by atoms with Gasteiger partial charge in [0.05, 0.1) is 17.3 Å². The van der Waals surface area contributed by atoms with Gasteiger partial charge in [0.25, 0.3) is 5.71 Å². The molecule has 2 aromatic heterocycles. The van der Waals surface area contributed by atoms with Gasteiger partial charge in [0.2, 0.25) is 5.91 Å². The van der Waals surface area contributed by atoms with Crippen LogP contribution in [0.5, 0.6) is 0 Å². The topological polar surface area (TPSA) is 84.2 Å². The van der Waals surface area contributed by atoms with Gasteiger partial charge in [-0.05, 0) is 31.9 Å². The van der Waals surface area contributed by atoms with Crippen molar-refractivity contribution in [3.05, 3.63) is 41.9 Å². The SMILES string of the molecule is Cc1noc2ncnc(N3CCC[C@@H](C(=O)Nc4cc(F)ccc4F)C3)c12. The Morgan fingerprint density at radius 3 is 3.04 bits per heavy atom. The average Bonchev–Trinajstić information content (AvgIpc) is 3.06. The van der Waals surface area contributed by atoms with Crippen molar-refractivity contribution < 1.29 is 18.1 Å². The second-order valence-electron chi connectivity index (χ2n) is 6.54. The minimum absolute atomic E-state index is 0.156. The predicted molar refractivity (Wildman–Crippen MR) is 94.3 cm³/mol. The molecule has 9 heteroatoms. The fourth-order valence-corrected chi connectivity index (χ4v) is 3.36. The molecule has 1 aliphatic rings. The lowest BCUT2D eigenvalue weighted by Gasteiger charge is -2.33. The number of hydrogen-bond donors (Lipinski definition) is 1. The molecule has 1 N–H and O–H groups in total. The lowest BCUT2D eigenvalue weighted by atomic mass is 9.96. The number of hydrogen-bond acceptors (Lipinski definition) is 6. The molecule has 4 rings (SSSR count). The van der Waals surface area contributed by atoms with E-state index in [4.69, 9.17) is 4.52 Å². The molecule has 7 nitrogen and oxygen atoms in total. The number of anilines is 2. The molecule has 3 aromatic rings. The van der Waals surface area contributed by atoms with Crippen LogP contribution in [-0.2, 0) is 4.79 Å². The van der Waals surface area contributed by atoms with Gasteiger partial charge in [-0.3, -0.25) is 4.79 Å². The van der Waals surface area contributed by atoms with E-state index in [2.05, 4.69) is 20.4 Å². The fraction of sp³-hybridized carbons (Fsp3) is 0.333. The van der Waals surface area contributed by atoms with E-state index in [9.17, 15) is 13.6 Å². The molecule has 1 fully saturated rings. The molecule has 140 valence electrons. The first-order valence-corrected chi connectivity index (χ1v) is 8.61. The van der Waals surface area contributed by atoms with Crippen LogP contribution >= 0.6 is 0 Å². The average molecular weight is 373 g/mol. The lowest BCUT2D eigenvalue weighted by Crippen LogP contribution is -2.41. The van der Waals surface area contributed by atoms with Crippen molar-refractivity contribution in [2.75, 3.05) is 23.3 Å². The monoisotopic (exact) mass is 373 g/mol. The first-order chi connectivity index (χ1) is 13.0. The van der Waals surface area contributed by atoms with Gasteiger partial charge in [0.15, 0.2) is 0 Å². The third-order valence-corrected chi connectivity index (χ3v) is 4.70. The van der Waals surface area contributed by atoms with E-state index in [-0.39, 0.29) is 17.5 Å². The molecule has 1 atom stereocenters. The van der Waals surface area contributed by atoms with Crippen LogP contribution in [0.4, 0.5) is 20.3 Å². The Labute approximate surface area is 153 Å². The van der Waals surface area contributed by atoms with Crippen molar-refractivity contribution in [2.45, 2.75) is 19.8 Å². The summed E-state index contributed by atoms with van der Waals surface area (Å²) in [6.45, 7) is 2.92. The Balaban J connectivity index is 1.55. The van der Waals surface area contributed by atoms with Gasteiger partial charge in [0, 0.05) is 19.2 Å². The Bertz CT molecular complexity index is 1010. The highest BCUT2D eigenvalue weighted by molar-refractivity contribution is 5.94. The first-order valence-electron chi connectivity index (χ1n) is 8.61. The highest BCUT2D eigenvalue weighted by Crippen LogP contribution is 2.30.